The number of likely N-dealkylation sites (N-methyl/N-ethyl adjacent to an activating group) is 1. The summed E-state index contributed by atoms with van der Waals surface area (Å²) in [7, 11) is 3.55. The van der Waals surface area contributed by atoms with E-state index in [2.05, 4.69) is 5.32 Å². The maximum Gasteiger partial charge on any atom is 0.335 e. The fourth-order valence-electron chi connectivity index (χ4n) is 2.04. The number of para-hydroxylation sites is 1. The lowest BCUT2D eigenvalue weighted by Crippen LogP contribution is -2.25. The molecular weight excluding hydrogens is 276 g/mol. The molecule has 6 nitrogen and oxygen atoms in total. The molecule has 2 N–H and O–H groups in total. The van der Waals surface area contributed by atoms with Gasteiger partial charge in [0.2, 0.25) is 0 Å². The molecule has 0 radical (unpaired) electrons. The van der Waals surface area contributed by atoms with Gasteiger partial charge in [-0.2, -0.15) is 0 Å². The first kappa shape index (κ1) is 14.7. The maximum atomic E-state index is 12.3. The Morgan fingerprint density at radius 1 is 1.50 bits per heavy atom. The number of imidazole rings is 1. The predicted octanol–water partition coefficient (Wildman–Crippen LogP) is 1.08. The number of thioether (sulfide) groups is 1. The number of fused-ring (bicyclic) bond motifs is 1. The van der Waals surface area contributed by atoms with E-state index < -0.39 is 0 Å². The highest BCUT2D eigenvalue weighted by atomic mass is 32.2. The van der Waals surface area contributed by atoms with Crippen LogP contribution < -0.4 is 15.7 Å². The molecule has 108 valence electrons. The third-order valence-corrected chi connectivity index (χ3v) is 3.61. The van der Waals surface area contributed by atoms with Gasteiger partial charge in [0.1, 0.15) is 17.9 Å². The zero-order chi connectivity index (χ0) is 14.7. The Morgan fingerprint density at radius 2 is 2.25 bits per heavy atom. The third-order valence-electron chi connectivity index (χ3n) is 3.04. The summed E-state index contributed by atoms with van der Waals surface area (Å²) in [6, 6.07) is 5.50. The molecule has 0 amide bonds. The monoisotopic (exact) mass is 294 g/mol. The molecule has 7 heteroatoms. The second-order valence-electron chi connectivity index (χ2n) is 4.26. The van der Waals surface area contributed by atoms with Crippen LogP contribution in [0.15, 0.2) is 23.0 Å². The molecule has 0 bridgehead atoms. The molecule has 0 spiro atoms. The first-order chi connectivity index (χ1) is 9.61. The average molecular weight is 294 g/mol. The Morgan fingerprint density at radius 3 is 2.90 bits per heavy atom. The van der Waals surface area contributed by atoms with Gasteiger partial charge in [0, 0.05) is 13.6 Å². The summed E-state index contributed by atoms with van der Waals surface area (Å²) in [6.45, 7) is 1.25. The molecule has 1 aromatic heterocycles. The summed E-state index contributed by atoms with van der Waals surface area (Å²) in [6.07, 6.45) is 1.78. The number of aryl methyl sites for hydroxylation is 1. The Bertz CT molecular complexity index is 689. The number of aromatic nitrogens is 2. The SMILES string of the molecule is CNCCOc1cccc2c1n(C)c(=O)n2C(=N)SC. The highest BCUT2D eigenvalue weighted by Gasteiger charge is 2.17. The lowest BCUT2D eigenvalue weighted by Gasteiger charge is -2.08. The van der Waals surface area contributed by atoms with Gasteiger partial charge >= 0.3 is 5.69 Å². The van der Waals surface area contributed by atoms with Crippen LogP contribution in [0, 0.1) is 5.41 Å². The molecule has 0 aliphatic rings. The highest BCUT2D eigenvalue weighted by molar-refractivity contribution is 8.13. The van der Waals surface area contributed by atoms with E-state index in [4.69, 9.17) is 10.1 Å². The van der Waals surface area contributed by atoms with Crippen LogP contribution in [-0.2, 0) is 7.05 Å². The largest absolute Gasteiger partial charge is 0.490 e. The fourth-order valence-corrected chi connectivity index (χ4v) is 2.40. The number of nitrogens with zero attached hydrogens (tertiary/aromatic N) is 2. The van der Waals surface area contributed by atoms with Crippen molar-refractivity contribution in [2.45, 2.75) is 0 Å². The van der Waals surface area contributed by atoms with Gasteiger partial charge in [-0.3, -0.25) is 9.98 Å². The van der Waals surface area contributed by atoms with Crippen LogP contribution >= 0.6 is 11.8 Å². The van der Waals surface area contributed by atoms with Crippen LogP contribution in [0.3, 0.4) is 0 Å². The summed E-state index contributed by atoms with van der Waals surface area (Å²) >= 11 is 1.23. The van der Waals surface area contributed by atoms with Crippen LogP contribution in [0.4, 0.5) is 0 Å². The van der Waals surface area contributed by atoms with Gasteiger partial charge in [0.05, 0.1) is 5.52 Å². The van der Waals surface area contributed by atoms with E-state index in [0.717, 1.165) is 6.54 Å². The lowest BCUT2D eigenvalue weighted by atomic mass is 10.3. The molecule has 0 aliphatic heterocycles. The fraction of sp³-hybridized carbons (Fsp3) is 0.385. The van der Waals surface area contributed by atoms with Gasteiger partial charge < -0.3 is 10.1 Å². The maximum absolute atomic E-state index is 12.3. The van der Waals surface area contributed by atoms with E-state index in [9.17, 15) is 4.79 Å². The van der Waals surface area contributed by atoms with E-state index >= 15 is 0 Å². The second-order valence-corrected chi connectivity index (χ2v) is 5.06. The van der Waals surface area contributed by atoms with Crippen molar-refractivity contribution in [3.8, 4) is 5.75 Å². The van der Waals surface area contributed by atoms with Gasteiger partial charge in [-0.1, -0.05) is 17.8 Å². The quantitative estimate of drug-likeness (QED) is 0.503. The van der Waals surface area contributed by atoms with Crippen molar-refractivity contribution >= 4 is 28.0 Å². The van der Waals surface area contributed by atoms with E-state index in [0.29, 0.717) is 23.4 Å². The number of nitrogens with one attached hydrogen (secondary N) is 2. The Hall–Kier alpha value is -1.73. The molecule has 0 fully saturated rings. The Labute approximate surface area is 121 Å². The first-order valence-electron chi connectivity index (χ1n) is 6.22. The zero-order valence-corrected chi connectivity index (χ0v) is 12.6. The molecule has 1 aromatic carbocycles. The zero-order valence-electron chi connectivity index (χ0n) is 11.8. The van der Waals surface area contributed by atoms with Gasteiger partial charge in [0.15, 0.2) is 5.17 Å². The Balaban J connectivity index is 2.58. The smallest absolute Gasteiger partial charge is 0.335 e. The molecular formula is C13H18N4O2S. The molecule has 1 heterocycles. The number of rotatable bonds is 4. The van der Waals surface area contributed by atoms with Crippen molar-refractivity contribution in [1.29, 1.82) is 5.41 Å². The van der Waals surface area contributed by atoms with Gasteiger partial charge in [-0.05, 0) is 25.4 Å². The summed E-state index contributed by atoms with van der Waals surface area (Å²) in [5.41, 5.74) is 1.18. The molecule has 20 heavy (non-hydrogen) atoms. The van der Waals surface area contributed by atoms with Gasteiger partial charge in [-0.15, -0.1) is 0 Å². The topological polar surface area (TPSA) is 72.0 Å². The summed E-state index contributed by atoms with van der Waals surface area (Å²) in [5.74, 6) is 0.657. The van der Waals surface area contributed by atoms with Crippen molar-refractivity contribution in [1.82, 2.24) is 14.5 Å². The molecule has 2 aromatic rings. The molecule has 0 saturated heterocycles. The van der Waals surface area contributed by atoms with Crippen LogP contribution in [0.25, 0.3) is 11.0 Å². The van der Waals surface area contributed by atoms with Gasteiger partial charge in [0.25, 0.3) is 0 Å². The van der Waals surface area contributed by atoms with Crippen molar-refractivity contribution in [2.24, 2.45) is 7.05 Å². The average Bonchev–Trinajstić information content (AvgIpc) is 2.71. The molecule has 0 atom stereocenters. The molecule has 0 unspecified atom stereocenters. The van der Waals surface area contributed by atoms with E-state index in [1.54, 1.807) is 13.3 Å². The third kappa shape index (κ3) is 2.46. The summed E-state index contributed by atoms with van der Waals surface area (Å²) in [5, 5.41) is 11.1. The molecule has 0 saturated carbocycles. The second kappa shape index (κ2) is 6.15. The molecule has 0 aliphatic carbocycles. The van der Waals surface area contributed by atoms with Crippen molar-refractivity contribution < 1.29 is 4.74 Å². The van der Waals surface area contributed by atoms with E-state index in [1.165, 1.54) is 20.9 Å². The number of hydrogen-bond acceptors (Lipinski definition) is 5. The highest BCUT2D eigenvalue weighted by Crippen LogP contribution is 2.25. The number of benzene rings is 1. The minimum Gasteiger partial charge on any atom is -0.490 e. The van der Waals surface area contributed by atoms with E-state index in [1.807, 2.05) is 25.2 Å². The van der Waals surface area contributed by atoms with Crippen LogP contribution in [0.5, 0.6) is 5.75 Å². The summed E-state index contributed by atoms with van der Waals surface area (Å²) < 4.78 is 8.63. The minimum atomic E-state index is -0.232. The predicted molar refractivity (Wildman–Crippen MR) is 83.2 cm³/mol. The van der Waals surface area contributed by atoms with Crippen LogP contribution in [-0.4, -0.2) is 40.8 Å². The Kier molecular flexibility index (Phi) is 4.51. The normalized spacial score (nSPS) is 10.9. The molecule has 2 rings (SSSR count). The van der Waals surface area contributed by atoms with Crippen LogP contribution in [0.1, 0.15) is 0 Å². The van der Waals surface area contributed by atoms with E-state index in [-0.39, 0.29) is 10.9 Å². The van der Waals surface area contributed by atoms with Crippen molar-refractivity contribution in [3.05, 3.63) is 28.7 Å². The number of ether oxygens (including phenoxy) is 1. The van der Waals surface area contributed by atoms with Crippen molar-refractivity contribution in [2.75, 3.05) is 26.5 Å². The number of hydrogen-bond donors (Lipinski definition) is 2. The standard InChI is InChI=1S/C13H18N4O2S/c1-15-7-8-19-10-6-4-5-9-11(10)16(2)13(18)17(9)12(14)20-3/h4-6,14-15H,7-8H2,1-3H3. The minimum absolute atomic E-state index is 0.202. The van der Waals surface area contributed by atoms with Gasteiger partial charge in [-0.25, -0.2) is 9.36 Å². The van der Waals surface area contributed by atoms with Crippen molar-refractivity contribution in [3.63, 3.8) is 0 Å². The summed E-state index contributed by atoms with van der Waals surface area (Å²) in [4.78, 5) is 12.3. The van der Waals surface area contributed by atoms with Crippen LogP contribution in [0.2, 0.25) is 0 Å². The first-order valence-corrected chi connectivity index (χ1v) is 7.45. The lowest BCUT2D eigenvalue weighted by molar-refractivity contribution is 0.321.